The number of alkyl halides is 3. The zero-order valence-electron chi connectivity index (χ0n) is 15.0. The van der Waals surface area contributed by atoms with Crippen molar-refractivity contribution in [3.63, 3.8) is 0 Å². The van der Waals surface area contributed by atoms with Crippen LogP contribution in [0.3, 0.4) is 0 Å². The molecule has 2 aliphatic heterocycles. The van der Waals surface area contributed by atoms with Gasteiger partial charge in [0.2, 0.25) is 0 Å². The van der Waals surface area contributed by atoms with E-state index >= 15 is 0 Å². The van der Waals surface area contributed by atoms with Gasteiger partial charge >= 0.3 is 6.18 Å². The number of nitrogens with zero attached hydrogens (tertiary/aromatic N) is 2. The minimum atomic E-state index is -4.66. The quantitative estimate of drug-likeness (QED) is 0.690. The van der Waals surface area contributed by atoms with Gasteiger partial charge in [-0.15, -0.1) is 0 Å². The Labute approximate surface area is 170 Å². The molecule has 1 amide bonds. The van der Waals surface area contributed by atoms with Crippen LogP contribution in [0, 0.1) is 5.92 Å². The number of thioether (sulfide) groups is 1. The summed E-state index contributed by atoms with van der Waals surface area (Å²) in [6.07, 6.45) is -4.09. The Morgan fingerprint density at radius 2 is 2.07 bits per heavy atom. The Balaban J connectivity index is 2.07. The lowest BCUT2D eigenvalue weighted by Crippen LogP contribution is -2.38. The van der Waals surface area contributed by atoms with Crippen molar-refractivity contribution in [1.29, 1.82) is 0 Å². The van der Waals surface area contributed by atoms with Gasteiger partial charge in [0, 0.05) is 16.9 Å². The van der Waals surface area contributed by atoms with E-state index in [1.807, 2.05) is 6.92 Å². The van der Waals surface area contributed by atoms with E-state index in [4.69, 9.17) is 11.6 Å². The number of halogens is 4. The highest BCUT2D eigenvalue weighted by molar-refractivity contribution is 8.16. The largest absolute Gasteiger partial charge is 0.417 e. The molecule has 11 heteroatoms. The predicted octanol–water partition coefficient (Wildman–Crippen LogP) is 4.01. The summed E-state index contributed by atoms with van der Waals surface area (Å²) in [6, 6.07) is 2.80. The van der Waals surface area contributed by atoms with Gasteiger partial charge in [0.15, 0.2) is 15.0 Å². The molecule has 3 unspecified atom stereocenters. The Morgan fingerprint density at radius 3 is 2.68 bits per heavy atom. The summed E-state index contributed by atoms with van der Waals surface area (Å²) in [5, 5.41) is -0.614. The lowest BCUT2D eigenvalue weighted by Gasteiger charge is -2.25. The van der Waals surface area contributed by atoms with Crippen molar-refractivity contribution in [3.8, 4) is 0 Å². The maximum atomic E-state index is 13.3. The van der Waals surface area contributed by atoms with Crippen LogP contribution in [0.4, 0.5) is 18.9 Å². The number of hydrogen-bond acceptors (Lipinski definition) is 4. The molecule has 3 atom stereocenters. The van der Waals surface area contributed by atoms with Crippen LogP contribution in [-0.2, 0) is 20.8 Å². The number of anilines is 1. The molecule has 0 N–H and O–H groups in total. The first-order chi connectivity index (χ1) is 12.9. The molecule has 0 radical (unpaired) electrons. The lowest BCUT2D eigenvalue weighted by atomic mass is 10.1. The molecule has 0 aliphatic carbocycles. The number of carbonyl (C=O) groups is 1. The van der Waals surface area contributed by atoms with Crippen LogP contribution in [-0.4, -0.2) is 42.3 Å². The third-order valence-corrected chi connectivity index (χ3v) is 8.38. The topological polar surface area (TPSA) is 66.8 Å². The Kier molecular flexibility index (Phi) is 5.77. The van der Waals surface area contributed by atoms with Crippen LogP contribution in [0.15, 0.2) is 23.2 Å². The van der Waals surface area contributed by atoms with Crippen LogP contribution < -0.4 is 4.90 Å². The van der Waals surface area contributed by atoms with E-state index in [0.717, 1.165) is 23.9 Å². The van der Waals surface area contributed by atoms with E-state index < -0.39 is 37.9 Å². The summed E-state index contributed by atoms with van der Waals surface area (Å²) < 4.78 is 63.9. The number of benzene rings is 1. The summed E-state index contributed by atoms with van der Waals surface area (Å²) in [4.78, 5) is 17.8. The van der Waals surface area contributed by atoms with Crippen molar-refractivity contribution in [2.45, 2.75) is 37.7 Å². The molecule has 1 aromatic carbocycles. The Morgan fingerprint density at radius 1 is 1.39 bits per heavy atom. The summed E-state index contributed by atoms with van der Waals surface area (Å²) in [5.74, 6) is -1.03. The molecule has 2 aliphatic rings. The summed E-state index contributed by atoms with van der Waals surface area (Å²) in [5.41, 5.74) is -0.905. The van der Waals surface area contributed by atoms with Gasteiger partial charge in [-0.3, -0.25) is 4.79 Å². The van der Waals surface area contributed by atoms with Crippen molar-refractivity contribution in [1.82, 2.24) is 0 Å². The fourth-order valence-electron chi connectivity index (χ4n) is 3.13. The minimum absolute atomic E-state index is 0.102. The van der Waals surface area contributed by atoms with Crippen molar-refractivity contribution in [2.75, 3.05) is 16.4 Å². The molecule has 2 fully saturated rings. The van der Waals surface area contributed by atoms with Gasteiger partial charge in [0.05, 0.1) is 28.1 Å². The number of carbonyl (C=O) groups excluding carboxylic acids is 1. The Hall–Kier alpha value is -1.26. The van der Waals surface area contributed by atoms with Crippen molar-refractivity contribution in [3.05, 3.63) is 28.8 Å². The number of sulfone groups is 1. The van der Waals surface area contributed by atoms with Crippen LogP contribution in [0.1, 0.15) is 25.8 Å². The van der Waals surface area contributed by atoms with E-state index in [2.05, 4.69) is 4.99 Å². The average molecular weight is 455 g/mol. The second kappa shape index (κ2) is 7.53. The van der Waals surface area contributed by atoms with Crippen LogP contribution in [0.2, 0.25) is 5.02 Å². The van der Waals surface area contributed by atoms with Crippen molar-refractivity contribution in [2.24, 2.45) is 10.9 Å². The first-order valence-corrected chi connectivity index (χ1v) is 11.7. The van der Waals surface area contributed by atoms with E-state index in [0.29, 0.717) is 6.42 Å². The lowest BCUT2D eigenvalue weighted by molar-refractivity contribution is -0.137. The molecule has 2 heterocycles. The Bertz CT molecular complexity index is 934. The van der Waals surface area contributed by atoms with Gasteiger partial charge in [-0.1, -0.05) is 37.2 Å². The number of aliphatic imine (C=N–C) groups is 1. The maximum absolute atomic E-state index is 13.3. The third-order valence-electron chi connectivity index (χ3n) is 4.84. The van der Waals surface area contributed by atoms with Gasteiger partial charge in [-0.2, -0.15) is 18.2 Å². The second-order valence-corrected chi connectivity index (χ2v) is 10.6. The number of fused-ring (bicyclic) bond motifs is 1. The maximum Gasteiger partial charge on any atom is 0.417 e. The smallest absolute Gasteiger partial charge is 0.316 e. The molecule has 0 bridgehead atoms. The summed E-state index contributed by atoms with van der Waals surface area (Å²) in [6.45, 7) is 3.55. The number of rotatable bonds is 3. The number of amidine groups is 1. The van der Waals surface area contributed by atoms with Crippen molar-refractivity contribution < 1.29 is 26.4 Å². The molecule has 0 saturated carbocycles. The first-order valence-electron chi connectivity index (χ1n) is 8.58. The normalized spacial score (nSPS) is 26.5. The summed E-state index contributed by atoms with van der Waals surface area (Å²) in [7, 11) is -3.32. The van der Waals surface area contributed by atoms with E-state index in [-0.39, 0.29) is 34.2 Å². The molecule has 0 aromatic heterocycles. The molecule has 154 valence electrons. The molecule has 0 spiro atoms. The molecular formula is C17H18ClF3N2O3S2. The number of hydrogen-bond donors (Lipinski definition) is 0. The molecule has 2 saturated heterocycles. The predicted molar refractivity (Wildman–Crippen MR) is 105 cm³/mol. The minimum Gasteiger partial charge on any atom is -0.316 e. The highest BCUT2D eigenvalue weighted by Gasteiger charge is 2.50. The van der Waals surface area contributed by atoms with E-state index in [1.54, 1.807) is 6.92 Å². The first kappa shape index (κ1) is 21.4. The highest BCUT2D eigenvalue weighted by Crippen LogP contribution is 2.43. The summed E-state index contributed by atoms with van der Waals surface area (Å²) >= 11 is 6.82. The SMILES string of the molecule is CCC(C)C(=O)N=C1SC2CS(=O)(=O)CC2N1c1ccc(Cl)c(C(F)(F)F)c1. The van der Waals surface area contributed by atoms with Gasteiger partial charge in [0.25, 0.3) is 5.91 Å². The second-order valence-electron chi connectivity index (χ2n) is 6.87. The monoisotopic (exact) mass is 454 g/mol. The van der Waals surface area contributed by atoms with Gasteiger partial charge in [-0.05, 0) is 24.6 Å². The van der Waals surface area contributed by atoms with Gasteiger partial charge < -0.3 is 4.90 Å². The van der Waals surface area contributed by atoms with Gasteiger partial charge in [0.1, 0.15) is 0 Å². The number of amides is 1. The van der Waals surface area contributed by atoms with Crippen LogP contribution >= 0.6 is 23.4 Å². The molecular weight excluding hydrogens is 437 g/mol. The van der Waals surface area contributed by atoms with E-state index in [9.17, 15) is 26.4 Å². The standard InChI is InChI=1S/C17H18ClF3N2O3S2/c1-3-9(2)15(24)22-16-23(13-7-28(25,26)8-14(13)27-16)10-4-5-12(18)11(6-10)17(19,20)21/h4-6,9,13-14H,3,7-8H2,1-2H3. The molecule has 1 aromatic rings. The van der Waals surface area contributed by atoms with Crippen molar-refractivity contribution >= 4 is 50.0 Å². The fraction of sp³-hybridized carbons (Fsp3) is 0.529. The average Bonchev–Trinajstić information content (AvgIpc) is 3.04. The fourth-order valence-corrected chi connectivity index (χ4v) is 7.27. The highest BCUT2D eigenvalue weighted by atomic mass is 35.5. The molecule has 3 rings (SSSR count). The zero-order chi connectivity index (χ0) is 20.9. The molecule has 28 heavy (non-hydrogen) atoms. The van der Waals surface area contributed by atoms with E-state index in [1.165, 1.54) is 11.0 Å². The van der Waals surface area contributed by atoms with Gasteiger partial charge in [-0.25, -0.2) is 8.42 Å². The molecule has 5 nitrogen and oxygen atoms in total. The van der Waals surface area contributed by atoms with Crippen LogP contribution in [0.25, 0.3) is 0 Å². The third kappa shape index (κ3) is 4.18. The zero-order valence-corrected chi connectivity index (χ0v) is 17.4. The van der Waals surface area contributed by atoms with Crippen LogP contribution in [0.5, 0.6) is 0 Å².